The van der Waals surface area contributed by atoms with Gasteiger partial charge >= 0.3 is 0 Å². The molecule has 0 saturated heterocycles. The van der Waals surface area contributed by atoms with Gasteiger partial charge in [0.1, 0.15) is 0 Å². The highest BCUT2D eigenvalue weighted by molar-refractivity contribution is 7.89. The molecule has 0 aromatic heterocycles. The number of hydrogen-bond donors (Lipinski definition) is 3. The summed E-state index contributed by atoms with van der Waals surface area (Å²) in [5.41, 5.74) is 1.95. The number of nitrogens with one attached hydrogen (secondary N) is 2. The molecule has 1 aliphatic rings. The lowest BCUT2D eigenvalue weighted by molar-refractivity contribution is -0.117. The maximum atomic E-state index is 12.3. The van der Waals surface area contributed by atoms with Gasteiger partial charge in [0.15, 0.2) is 0 Å². The Bertz CT molecular complexity index is 987. The van der Waals surface area contributed by atoms with Crippen molar-refractivity contribution in [3.05, 3.63) is 59.7 Å². The quantitative estimate of drug-likeness (QED) is 0.656. The number of amides is 2. The molecule has 8 heteroatoms. The van der Waals surface area contributed by atoms with Crippen LogP contribution in [0.2, 0.25) is 0 Å². The molecule has 2 atom stereocenters. The van der Waals surface area contributed by atoms with E-state index < -0.39 is 10.0 Å². The minimum absolute atomic E-state index is 0.00648. The topological polar surface area (TPSA) is 118 Å². The van der Waals surface area contributed by atoms with Gasteiger partial charge in [0.2, 0.25) is 15.9 Å². The highest BCUT2D eigenvalue weighted by atomic mass is 32.2. The fraction of sp³-hybridized carbons (Fsp3) is 0.300. The SMILES string of the molecule is CC1CC1C(=O)Nc1cccc(C(=O)NCCc2ccc(S(N)(=O)=O)cc2)c1. The lowest BCUT2D eigenvalue weighted by atomic mass is 10.1. The van der Waals surface area contributed by atoms with Crippen LogP contribution in [0, 0.1) is 11.8 Å². The summed E-state index contributed by atoms with van der Waals surface area (Å²) in [6.07, 6.45) is 1.46. The summed E-state index contributed by atoms with van der Waals surface area (Å²) < 4.78 is 22.5. The molecule has 2 aromatic carbocycles. The first-order chi connectivity index (χ1) is 13.2. The Balaban J connectivity index is 1.52. The van der Waals surface area contributed by atoms with Gasteiger partial charge < -0.3 is 10.6 Å². The second-order valence-corrected chi connectivity index (χ2v) is 8.65. The molecule has 0 heterocycles. The number of nitrogens with two attached hydrogens (primary N) is 1. The van der Waals surface area contributed by atoms with Crippen molar-refractivity contribution in [2.45, 2.75) is 24.7 Å². The van der Waals surface area contributed by atoms with E-state index in [1.807, 2.05) is 6.92 Å². The van der Waals surface area contributed by atoms with Crippen LogP contribution in [0.4, 0.5) is 5.69 Å². The molecule has 148 valence electrons. The standard InChI is InChI=1S/C20H23N3O4S/c1-13-11-18(13)20(25)23-16-4-2-3-15(12-16)19(24)22-10-9-14-5-7-17(8-6-14)28(21,26)27/h2-8,12-13,18H,9-11H2,1H3,(H,22,24)(H,23,25)(H2,21,26,27). The van der Waals surface area contributed by atoms with Crippen molar-refractivity contribution in [1.29, 1.82) is 0 Å². The number of sulfonamides is 1. The summed E-state index contributed by atoms with van der Waals surface area (Å²) in [5, 5.41) is 10.7. The first-order valence-corrected chi connectivity index (χ1v) is 10.6. The molecule has 0 bridgehead atoms. The van der Waals surface area contributed by atoms with E-state index in [9.17, 15) is 18.0 Å². The van der Waals surface area contributed by atoms with Gasteiger partial charge in [-0.3, -0.25) is 9.59 Å². The van der Waals surface area contributed by atoms with Crippen LogP contribution in [-0.4, -0.2) is 26.8 Å². The van der Waals surface area contributed by atoms with Crippen molar-refractivity contribution in [2.24, 2.45) is 17.0 Å². The Morgan fingerprint density at radius 2 is 1.82 bits per heavy atom. The maximum absolute atomic E-state index is 12.3. The van der Waals surface area contributed by atoms with Gasteiger partial charge in [0.25, 0.3) is 5.91 Å². The average Bonchev–Trinajstić information content (AvgIpc) is 3.38. The minimum Gasteiger partial charge on any atom is -0.352 e. The highest BCUT2D eigenvalue weighted by Gasteiger charge is 2.39. The van der Waals surface area contributed by atoms with Crippen LogP contribution in [0.25, 0.3) is 0 Å². The fourth-order valence-electron chi connectivity index (χ4n) is 2.93. The zero-order valence-electron chi connectivity index (χ0n) is 15.5. The van der Waals surface area contributed by atoms with Crippen molar-refractivity contribution < 1.29 is 18.0 Å². The van der Waals surface area contributed by atoms with Gasteiger partial charge in [-0.25, -0.2) is 13.6 Å². The molecule has 0 radical (unpaired) electrons. The van der Waals surface area contributed by atoms with E-state index in [1.54, 1.807) is 36.4 Å². The number of rotatable bonds is 7. The van der Waals surface area contributed by atoms with E-state index in [1.165, 1.54) is 12.1 Å². The van der Waals surface area contributed by atoms with E-state index in [4.69, 9.17) is 5.14 Å². The molecular formula is C20H23N3O4S. The van der Waals surface area contributed by atoms with Crippen molar-refractivity contribution in [3.8, 4) is 0 Å². The van der Waals surface area contributed by atoms with Crippen LogP contribution in [-0.2, 0) is 21.2 Å². The monoisotopic (exact) mass is 401 g/mol. The van der Waals surface area contributed by atoms with Gasteiger partial charge in [-0.15, -0.1) is 0 Å². The van der Waals surface area contributed by atoms with E-state index >= 15 is 0 Å². The molecule has 7 nitrogen and oxygen atoms in total. The molecule has 28 heavy (non-hydrogen) atoms. The summed E-state index contributed by atoms with van der Waals surface area (Å²) >= 11 is 0. The third kappa shape index (κ3) is 5.17. The molecule has 2 unspecified atom stereocenters. The van der Waals surface area contributed by atoms with E-state index in [2.05, 4.69) is 10.6 Å². The number of carbonyl (C=O) groups is 2. The molecular weight excluding hydrogens is 378 g/mol. The van der Waals surface area contributed by atoms with Crippen molar-refractivity contribution in [1.82, 2.24) is 5.32 Å². The average molecular weight is 401 g/mol. The Kier molecular flexibility index (Phi) is 5.81. The lowest BCUT2D eigenvalue weighted by Crippen LogP contribution is -2.26. The van der Waals surface area contributed by atoms with Gasteiger partial charge in [-0.05, 0) is 54.7 Å². The second kappa shape index (κ2) is 8.12. The van der Waals surface area contributed by atoms with Crippen LogP contribution < -0.4 is 15.8 Å². The number of primary sulfonamides is 1. The van der Waals surface area contributed by atoms with Crippen LogP contribution in [0.1, 0.15) is 29.3 Å². The van der Waals surface area contributed by atoms with Crippen LogP contribution in [0.3, 0.4) is 0 Å². The second-order valence-electron chi connectivity index (χ2n) is 7.08. The zero-order chi connectivity index (χ0) is 20.3. The summed E-state index contributed by atoms with van der Waals surface area (Å²) in [7, 11) is -3.71. The number of anilines is 1. The molecule has 2 aromatic rings. The molecule has 2 amide bonds. The van der Waals surface area contributed by atoms with Crippen molar-refractivity contribution in [3.63, 3.8) is 0 Å². The normalized spacial score (nSPS) is 18.4. The first-order valence-electron chi connectivity index (χ1n) is 9.05. The smallest absolute Gasteiger partial charge is 0.251 e. The predicted molar refractivity (Wildman–Crippen MR) is 106 cm³/mol. The molecule has 0 aliphatic heterocycles. The first kappa shape index (κ1) is 20.0. The maximum Gasteiger partial charge on any atom is 0.251 e. The van der Waals surface area contributed by atoms with Crippen molar-refractivity contribution in [2.75, 3.05) is 11.9 Å². The largest absolute Gasteiger partial charge is 0.352 e. The molecule has 1 saturated carbocycles. The Morgan fingerprint density at radius 3 is 2.43 bits per heavy atom. The molecule has 0 spiro atoms. The predicted octanol–water partition coefficient (Wildman–Crippen LogP) is 1.90. The van der Waals surface area contributed by atoms with E-state index in [0.717, 1.165) is 12.0 Å². The van der Waals surface area contributed by atoms with E-state index in [-0.39, 0.29) is 22.6 Å². The molecule has 1 fully saturated rings. The summed E-state index contributed by atoms with van der Waals surface area (Å²) in [6.45, 7) is 2.43. The van der Waals surface area contributed by atoms with Gasteiger partial charge in [0.05, 0.1) is 4.90 Å². The lowest BCUT2D eigenvalue weighted by Gasteiger charge is -2.09. The molecule has 1 aliphatic carbocycles. The van der Waals surface area contributed by atoms with Crippen LogP contribution >= 0.6 is 0 Å². The Hall–Kier alpha value is -2.71. The third-order valence-corrected chi connectivity index (χ3v) is 5.72. The number of benzene rings is 2. The Labute approximate surface area is 164 Å². The fourth-order valence-corrected chi connectivity index (χ4v) is 3.44. The zero-order valence-corrected chi connectivity index (χ0v) is 16.3. The summed E-state index contributed by atoms with van der Waals surface area (Å²) in [6, 6.07) is 13.1. The number of hydrogen-bond acceptors (Lipinski definition) is 4. The van der Waals surface area contributed by atoms with Crippen molar-refractivity contribution >= 4 is 27.5 Å². The highest BCUT2D eigenvalue weighted by Crippen LogP contribution is 2.38. The van der Waals surface area contributed by atoms with Gasteiger partial charge in [0, 0.05) is 23.7 Å². The minimum atomic E-state index is -3.71. The van der Waals surface area contributed by atoms with Gasteiger partial charge in [-0.1, -0.05) is 25.1 Å². The summed E-state index contributed by atoms with van der Waals surface area (Å²) in [4.78, 5) is 24.4. The van der Waals surface area contributed by atoms with Crippen LogP contribution in [0.15, 0.2) is 53.4 Å². The molecule has 3 rings (SSSR count). The molecule has 4 N–H and O–H groups in total. The van der Waals surface area contributed by atoms with Gasteiger partial charge in [-0.2, -0.15) is 0 Å². The summed E-state index contributed by atoms with van der Waals surface area (Å²) in [5.74, 6) is 0.244. The third-order valence-electron chi connectivity index (χ3n) is 4.79. The Morgan fingerprint density at radius 1 is 1.14 bits per heavy atom. The number of carbonyl (C=O) groups excluding carboxylic acids is 2. The van der Waals surface area contributed by atoms with E-state index in [0.29, 0.717) is 30.1 Å². The van der Waals surface area contributed by atoms with Crippen LogP contribution in [0.5, 0.6) is 0 Å².